The summed E-state index contributed by atoms with van der Waals surface area (Å²) < 4.78 is 26.8. The van der Waals surface area contributed by atoms with E-state index in [-0.39, 0.29) is 6.61 Å². The maximum absolute atomic E-state index is 13.1. The normalized spacial score (nSPS) is 10.7. The summed E-state index contributed by atoms with van der Waals surface area (Å²) in [5.74, 6) is -1.74. The number of rotatable bonds is 3. The highest BCUT2D eigenvalue weighted by Crippen LogP contribution is 2.32. The Morgan fingerprint density at radius 1 is 1.06 bits per heavy atom. The molecule has 1 N–H and O–H groups in total. The number of aliphatic hydroxyl groups excluding tert-OH is 1. The lowest BCUT2D eigenvalue weighted by Crippen LogP contribution is -1.88. The zero-order valence-electron chi connectivity index (χ0n) is 9.16. The fourth-order valence-corrected chi connectivity index (χ4v) is 2.79. The van der Waals surface area contributed by atoms with Crippen LogP contribution in [0.2, 0.25) is 0 Å². The molecule has 0 saturated heterocycles. The molecule has 0 aliphatic heterocycles. The average Bonchev–Trinajstić information content (AvgIpc) is 2.36. The monoisotopic (exact) mass is 330 g/mol. The van der Waals surface area contributed by atoms with Gasteiger partial charge in [0.1, 0.15) is 0 Å². The van der Waals surface area contributed by atoms with Crippen LogP contribution in [-0.4, -0.2) is 5.11 Å². The zero-order valence-corrected chi connectivity index (χ0v) is 11.6. The van der Waals surface area contributed by atoms with E-state index in [1.807, 2.05) is 12.1 Å². The van der Waals surface area contributed by atoms with E-state index in [0.717, 1.165) is 27.1 Å². The summed E-state index contributed by atoms with van der Waals surface area (Å²) in [5.41, 5.74) is 0.735. The Balaban J connectivity index is 2.30. The molecule has 0 amide bonds. The van der Waals surface area contributed by atoms with Crippen LogP contribution in [0.4, 0.5) is 8.78 Å². The average molecular weight is 331 g/mol. The van der Waals surface area contributed by atoms with Crippen molar-refractivity contribution in [2.45, 2.75) is 16.4 Å². The third kappa shape index (κ3) is 3.10. The first-order valence-electron chi connectivity index (χ1n) is 5.12. The zero-order chi connectivity index (χ0) is 13.1. The largest absolute Gasteiger partial charge is 0.392 e. The predicted molar refractivity (Wildman–Crippen MR) is 70.5 cm³/mol. The van der Waals surface area contributed by atoms with Crippen LogP contribution >= 0.6 is 27.7 Å². The van der Waals surface area contributed by atoms with Crippen LogP contribution < -0.4 is 0 Å². The van der Waals surface area contributed by atoms with Gasteiger partial charge in [0, 0.05) is 14.3 Å². The van der Waals surface area contributed by atoms with E-state index in [1.54, 1.807) is 6.07 Å². The van der Waals surface area contributed by atoms with Gasteiger partial charge in [-0.2, -0.15) is 0 Å². The Labute approximate surface area is 116 Å². The van der Waals surface area contributed by atoms with Crippen LogP contribution in [0.5, 0.6) is 0 Å². The minimum atomic E-state index is -0.873. The first kappa shape index (κ1) is 13.5. The molecule has 0 aliphatic carbocycles. The van der Waals surface area contributed by atoms with E-state index in [1.165, 1.54) is 17.8 Å². The molecule has 0 atom stereocenters. The second kappa shape index (κ2) is 5.82. The molecule has 2 rings (SSSR count). The summed E-state index contributed by atoms with van der Waals surface area (Å²) in [6, 6.07) is 9.19. The molecule has 0 unspecified atom stereocenters. The molecule has 2 aromatic rings. The van der Waals surface area contributed by atoms with E-state index in [0.29, 0.717) is 4.90 Å². The Bertz CT molecular complexity index is 575. The van der Waals surface area contributed by atoms with Gasteiger partial charge >= 0.3 is 0 Å². The molecule has 1 nitrogen and oxygen atoms in total. The molecule has 0 radical (unpaired) electrons. The summed E-state index contributed by atoms with van der Waals surface area (Å²) in [4.78, 5) is 1.40. The fourth-order valence-electron chi connectivity index (χ4n) is 1.44. The minimum absolute atomic E-state index is 0.106. The van der Waals surface area contributed by atoms with Crippen molar-refractivity contribution in [1.29, 1.82) is 0 Å². The molecule has 0 bridgehead atoms. The lowest BCUT2D eigenvalue weighted by atomic mass is 10.2. The van der Waals surface area contributed by atoms with Gasteiger partial charge in [-0.05, 0) is 42.0 Å². The number of halogens is 3. The molecule has 0 saturated carbocycles. The Morgan fingerprint density at radius 3 is 2.50 bits per heavy atom. The minimum Gasteiger partial charge on any atom is -0.392 e. The molecule has 18 heavy (non-hydrogen) atoms. The summed E-state index contributed by atoms with van der Waals surface area (Å²) in [6.45, 7) is -0.106. The van der Waals surface area contributed by atoms with Crippen LogP contribution in [0, 0.1) is 11.6 Å². The van der Waals surface area contributed by atoms with E-state index >= 15 is 0 Å². The lowest BCUT2D eigenvalue weighted by Gasteiger charge is -2.08. The van der Waals surface area contributed by atoms with Crippen LogP contribution in [0.1, 0.15) is 5.56 Å². The molecular formula is C13H9BrF2OS. The number of aliphatic hydroxyl groups is 1. The van der Waals surface area contributed by atoms with E-state index in [2.05, 4.69) is 15.9 Å². The van der Waals surface area contributed by atoms with Gasteiger partial charge in [-0.1, -0.05) is 27.7 Å². The standard InChI is InChI=1S/C13H9BrF2OS/c14-9-1-4-13(8(5-9)7-17)18-10-2-3-11(15)12(16)6-10/h1-6,17H,7H2. The van der Waals surface area contributed by atoms with Crippen molar-refractivity contribution in [1.82, 2.24) is 0 Å². The first-order valence-corrected chi connectivity index (χ1v) is 6.73. The highest BCUT2D eigenvalue weighted by atomic mass is 79.9. The van der Waals surface area contributed by atoms with Gasteiger partial charge in [-0.3, -0.25) is 0 Å². The van der Waals surface area contributed by atoms with E-state index in [4.69, 9.17) is 0 Å². The summed E-state index contributed by atoms with van der Waals surface area (Å²) in [6.07, 6.45) is 0. The summed E-state index contributed by atoms with van der Waals surface area (Å²) in [5, 5.41) is 9.25. The highest BCUT2D eigenvalue weighted by molar-refractivity contribution is 9.10. The molecule has 94 valence electrons. The van der Waals surface area contributed by atoms with Crippen molar-refractivity contribution in [2.24, 2.45) is 0 Å². The highest BCUT2D eigenvalue weighted by Gasteiger charge is 2.07. The number of hydrogen-bond donors (Lipinski definition) is 1. The van der Waals surface area contributed by atoms with Gasteiger partial charge in [0.05, 0.1) is 6.61 Å². The molecule has 0 spiro atoms. The lowest BCUT2D eigenvalue weighted by molar-refractivity contribution is 0.279. The second-order valence-corrected chi connectivity index (χ2v) is 5.62. The Hall–Kier alpha value is -0.910. The van der Waals surface area contributed by atoms with Gasteiger partial charge in [-0.25, -0.2) is 8.78 Å². The van der Waals surface area contributed by atoms with E-state index in [9.17, 15) is 13.9 Å². The van der Waals surface area contributed by atoms with Gasteiger partial charge in [-0.15, -0.1) is 0 Å². The smallest absolute Gasteiger partial charge is 0.159 e. The number of benzene rings is 2. The third-order valence-electron chi connectivity index (χ3n) is 2.31. The van der Waals surface area contributed by atoms with Crippen LogP contribution in [0.15, 0.2) is 50.7 Å². The van der Waals surface area contributed by atoms with Crippen molar-refractivity contribution in [3.63, 3.8) is 0 Å². The predicted octanol–water partition coefficient (Wildman–Crippen LogP) is 4.37. The molecular weight excluding hydrogens is 322 g/mol. The van der Waals surface area contributed by atoms with Crippen molar-refractivity contribution >= 4 is 27.7 Å². The van der Waals surface area contributed by atoms with Crippen LogP contribution in [-0.2, 0) is 6.61 Å². The number of hydrogen-bond acceptors (Lipinski definition) is 2. The molecule has 2 aromatic carbocycles. The van der Waals surface area contributed by atoms with Crippen molar-refractivity contribution in [3.05, 3.63) is 58.1 Å². The van der Waals surface area contributed by atoms with Gasteiger partial charge in [0.25, 0.3) is 0 Å². The molecule has 0 aliphatic rings. The van der Waals surface area contributed by atoms with Crippen LogP contribution in [0.3, 0.4) is 0 Å². The second-order valence-electron chi connectivity index (χ2n) is 3.59. The summed E-state index contributed by atoms with van der Waals surface area (Å²) >= 11 is 4.60. The summed E-state index contributed by atoms with van der Waals surface area (Å²) in [7, 11) is 0. The van der Waals surface area contributed by atoms with Crippen LogP contribution in [0.25, 0.3) is 0 Å². The molecule has 5 heteroatoms. The first-order chi connectivity index (χ1) is 8.60. The third-order valence-corrected chi connectivity index (χ3v) is 3.91. The maximum atomic E-state index is 13.1. The van der Waals surface area contributed by atoms with Gasteiger partial charge in [0.15, 0.2) is 11.6 Å². The van der Waals surface area contributed by atoms with Crippen molar-refractivity contribution < 1.29 is 13.9 Å². The quantitative estimate of drug-likeness (QED) is 0.901. The van der Waals surface area contributed by atoms with Gasteiger partial charge in [0.2, 0.25) is 0 Å². The Kier molecular flexibility index (Phi) is 4.37. The molecule has 0 heterocycles. The molecule has 0 fully saturated rings. The van der Waals surface area contributed by atoms with E-state index < -0.39 is 11.6 Å². The fraction of sp³-hybridized carbons (Fsp3) is 0.0769. The molecule has 0 aromatic heterocycles. The van der Waals surface area contributed by atoms with Gasteiger partial charge < -0.3 is 5.11 Å². The van der Waals surface area contributed by atoms with Crippen molar-refractivity contribution in [2.75, 3.05) is 0 Å². The Morgan fingerprint density at radius 2 is 1.83 bits per heavy atom. The van der Waals surface area contributed by atoms with Crippen molar-refractivity contribution in [3.8, 4) is 0 Å². The topological polar surface area (TPSA) is 20.2 Å². The maximum Gasteiger partial charge on any atom is 0.159 e. The SMILES string of the molecule is OCc1cc(Br)ccc1Sc1ccc(F)c(F)c1.